The van der Waals surface area contributed by atoms with Gasteiger partial charge in [-0.25, -0.2) is 13.1 Å². The highest BCUT2D eigenvalue weighted by Gasteiger charge is 2.20. The van der Waals surface area contributed by atoms with E-state index in [9.17, 15) is 13.2 Å². The number of rotatable bonds is 4. The van der Waals surface area contributed by atoms with E-state index in [4.69, 9.17) is 0 Å². The van der Waals surface area contributed by atoms with Crippen molar-refractivity contribution in [1.82, 2.24) is 9.71 Å². The van der Waals surface area contributed by atoms with E-state index in [1.165, 1.54) is 18.5 Å². The average molecular weight is 278 g/mol. The first-order valence-electron chi connectivity index (χ1n) is 5.75. The second-order valence-electron chi connectivity index (χ2n) is 4.13. The zero-order chi connectivity index (χ0) is 13.9. The standard InChI is InChI=1S/C13H14N2O3S/c1-10(11-5-3-2-4-6-11)15-19(17,18)13-9-14-8-7-12(13)16/h2-10,15H,1H3,(H,14,16). The molecular weight excluding hydrogens is 264 g/mol. The number of hydrogen-bond acceptors (Lipinski definition) is 3. The average Bonchev–Trinajstić information content (AvgIpc) is 2.39. The third-order valence-corrected chi connectivity index (χ3v) is 4.27. The Morgan fingerprint density at radius 3 is 2.47 bits per heavy atom. The van der Waals surface area contributed by atoms with Crippen molar-refractivity contribution in [3.63, 3.8) is 0 Å². The lowest BCUT2D eigenvalue weighted by molar-refractivity contribution is 0.565. The third kappa shape index (κ3) is 3.10. The normalized spacial score (nSPS) is 13.1. The molecule has 0 aliphatic carbocycles. The SMILES string of the molecule is CC(NS(=O)(=O)c1c[nH]ccc1=O)c1ccccc1. The topological polar surface area (TPSA) is 79.0 Å². The predicted molar refractivity (Wildman–Crippen MR) is 72.2 cm³/mol. The molecule has 0 spiro atoms. The highest BCUT2D eigenvalue weighted by molar-refractivity contribution is 7.89. The molecule has 0 amide bonds. The summed E-state index contributed by atoms with van der Waals surface area (Å²) in [5.41, 5.74) is 0.296. The maximum atomic E-state index is 12.1. The van der Waals surface area contributed by atoms with Crippen molar-refractivity contribution < 1.29 is 8.42 Å². The first-order valence-corrected chi connectivity index (χ1v) is 7.23. The van der Waals surface area contributed by atoms with Gasteiger partial charge in [-0.05, 0) is 12.5 Å². The highest BCUT2D eigenvalue weighted by atomic mass is 32.2. The number of aromatic nitrogens is 1. The molecule has 2 aromatic rings. The maximum Gasteiger partial charge on any atom is 0.246 e. The largest absolute Gasteiger partial charge is 0.366 e. The number of nitrogens with one attached hydrogen (secondary N) is 2. The smallest absolute Gasteiger partial charge is 0.246 e. The molecule has 1 unspecified atom stereocenters. The molecule has 19 heavy (non-hydrogen) atoms. The molecule has 6 heteroatoms. The van der Waals surface area contributed by atoms with Crippen molar-refractivity contribution in [2.75, 3.05) is 0 Å². The Bertz CT molecular complexity index is 708. The number of benzene rings is 1. The molecule has 1 heterocycles. The Morgan fingerprint density at radius 2 is 1.84 bits per heavy atom. The molecule has 1 aromatic heterocycles. The van der Waals surface area contributed by atoms with E-state index >= 15 is 0 Å². The lowest BCUT2D eigenvalue weighted by atomic mass is 10.1. The molecular formula is C13H14N2O3S. The summed E-state index contributed by atoms with van der Waals surface area (Å²) in [5.74, 6) is 0. The highest BCUT2D eigenvalue weighted by Crippen LogP contribution is 2.14. The molecule has 0 saturated heterocycles. The molecule has 0 bridgehead atoms. The summed E-state index contributed by atoms with van der Waals surface area (Å²) < 4.78 is 26.7. The molecule has 2 rings (SSSR count). The molecule has 0 radical (unpaired) electrons. The molecule has 100 valence electrons. The quantitative estimate of drug-likeness (QED) is 0.887. The van der Waals surface area contributed by atoms with Crippen molar-refractivity contribution in [1.29, 1.82) is 0 Å². The second-order valence-corrected chi connectivity index (χ2v) is 5.81. The van der Waals surface area contributed by atoms with Crippen molar-refractivity contribution >= 4 is 10.0 Å². The first kappa shape index (κ1) is 13.5. The molecule has 0 fully saturated rings. The van der Waals surface area contributed by atoms with Gasteiger partial charge in [0.1, 0.15) is 4.90 Å². The van der Waals surface area contributed by atoms with Crippen LogP contribution >= 0.6 is 0 Å². The van der Waals surface area contributed by atoms with E-state index in [-0.39, 0.29) is 4.90 Å². The van der Waals surface area contributed by atoms with Crippen LogP contribution in [0, 0.1) is 0 Å². The van der Waals surface area contributed by atoms with Gasteiger partial charge in [-0.1, -0.05) is 30.3 Å². The number of pyridine rings is 1. The molecule has 0 saturated carbocycles. The monoisotopic (exact) mass is 278 g/mol. The van der Waals surface area contributed by atoms with Gasteiger partial charge in [0.2, 0.25) is 15.5 Å². The Kier molecular flexibility index (Phi) is 3.82. The Labute approximate surface area is 111 Å². The minimum absolute atomic E-state index is 0.280. The van der Waals surface area contributed by atoms with Crippen molar-refractivity contribution in [3.8, 4) is 0 Å². The summed E-state index contributed by atoms with van der Waals surface area (Å²) in [5, 5.41) is 0. The fourth-order valence-electron chi connectivity index (χ4n) is 1.72. The van der Waals surface area contributed by atoms with Gasteiger partial charge in [0.25, 0.3) is 0 Å². The van der Waals surface area contributed by atoms with E-state index in [0.717, 1.165) is 5.56 Å². The number of aromatic amines is 1. The van der Waals surface area contributed by atoms with Crippen LogP contribution in [-0.4, -0.2) is 13.4 Å². The Morgan fingerprint density at radius 1 is 1.16 bits per heavy atom. The summed E-state index contributed by atoms with van der Waals surface area (Å²) in [4.78, 5) is 13.9. The minimum Gasteiger partial charge on any atom is -0.366 e. The second kappa shape index (κ2) is 5.38. The van der Waals surface area contributed by atoms with E-state index in [1.54, 1.807) is 6.92 Å². The summed E-state index contributed by atoms with van der Waals surface area (Å²) in [6, 6.07) is 9.93. The fraction of sp³-hybridized carbons (Fsp3) is 0.154. The van der Waals surface area contributed by atoms with Crippen LogP contribution in [0.4, 0.5) is 0 Å². The predicted octanol–water partition coefficient (Wildman–Crippen LogP) is 1.41. The van der Waals surface area contributed by atoms with Gasteiger partial charge in [-0.2, -0.15) is 0 Å². The first-order chi connectivity index (χ1) is 9.00. The van der Waals surface area contributed by atoms with Crippen LogP contribution in [-0.2, 0) is 10.0 Å². The van der Waals surface area contributed by atoms with Gasteiger partial charge in [0, 0.05) is 24.5 Å². The van der Waals surface area contributed by atoms with Crippen LogP contribution in [0.15, 0.2) is 58.5 Å². The Hall–Kier alpha value is -1.92. The van der Waals surface area contributed by atoms with Gasteiger partial charge in [-0.15, -0.1) is 0 Å². The van der Waals surface area contributed by atoms with Crippen LogP contribution < -0.4 is 10.2 Å². The van der Waals surface area contributed by atoms with Gasteiger partial charge in [-0.3, -0.25) is 4.79 Å². The third-order valence-electron chi connectivity index (χ3n) is 2.71. The number of sulfonamides is 1. The lowest BCUT2D eigenvalue weighted by Crippen LogP contribution is -2.30. The summed E-state index contributed by atoms with van der Waals surface area (Å²) in [7, 11) is -3.83. The van der Waals surface area contributed by atoms with E-state index in [1.807, 2.05) is 30.3 Å². The van der Waals surface area contributed by atoms with Crippen LogP contribution in [0.3, 0.4) is 0 Å². The molecule has 2 N–H and O–H groups in total. The van der Waals surface area contributed by atoms with Gasteiger partial charge >= 0.3 is 0 Å². The minimum atomic E-state index is -3.83. The summed E-state index contributed by atoms with van der Waals surface area (Å²) >= 11 is 0. The Balaban J connectivity index is 2.28. The van der Waals surface area contributed by atoms with Gasteiger partial charge < -0.3 is 4.98 Å². The van der Waals surface area contributed by atoms with Gasteiger partial charge in [0.15, 0.2) is 0 Å². The van der Waals surface area contributed by atoms with Crippen molar-refractivity contribution in [3.05, 3.63) is 64.6 Å². The zero-order valence-electron chi connectivity index (χ0n) is 10.3. The van der Waals surface area contributed by atoms with Gasteiger partial charge in [0.05, 0.1) is 0 Å². The summed E-state index contributed by atoms with van der Waals surface area (Å²) in [6.07, 6.45) is 2.57. The fourth-order valence-corrected chi connectivity index (χ4v) is 3.00. The number of H-pyrrole nitrogens is 1. The van der Waals surface area contributed by atoms with E-state index in [0.29, 0.717) is 0 Å². The van der Waals surface area contributed by atoms with Crippen LogP contribution in [0.2, 0.25) is 0 Å². The molecule has 5 nitrogen and oxygen atoms in total. The molecule has 1 atom stereocenters. The van der Waals surface area contributed by atoms with E-state index < -0.39 is 21.5 Å². The summed E-state index contributed by atoms with van der Waals surface area (Å²) in [6.45, 7) is 1.73. The van der Waals surface area contributed by atoms with Crippen molar-refractivity contribution in [2.45, 2.75) is 17.9 Å². The van der Waals surface area contributed by atoms with Crippen LogP contribution in [0.5, 0.6) is 0 Å². The maximum absolute atomic E-state index is 12.1. The lowest BCUT2D eigenvalue weighted by Gasteiger charge is -2.14. The zero-order valence-corrected chi connectivity index (χ0v) is 11.1. The number of hydrogen-bond donors (Lipinski definition) is 2. The van der Waals surface area contributed by atoms with Crippen LogP contribution in [0.25, 0.3) is 0 Å². The molecule has 1 aromatic carbocycles. The molecule has 0 aliphatic heterocycles. The molecule has 0 aliphatic rings. The van der Waals surface area contributed by atoms with Crippen LogP contribution in [0.1, 0.15) is 18.5 Å². The van der Waals surface area contributed by atoms with Crippen molar-refractivity contribution in [2.24, 2.45) is 0 Å². The van der Waals surface area contributed by atoms with E-state index in [2.05, 4.69) is 9.71 Å².